The topological polar surface area (TPSA) is 63.7 Å². The molecule has 124 valence electrons. The van der Waals surface area contributed by atoms with Gasteiger partial charge in [-0.15, -0.1) is 0 Å². The van der Waals surface area contributed by atoms with Gasteiger partial charge in [0.1, 0.15) is 4.75 Å². The van der Waals surface area contributed by atoms with Gasteiger partial charge in [0, 0.05) is 31.5 Å². The van der Waals surface area contributed by atoms with Crippen molar-refractivity contribution in [1.82, 2.24) is 4.90 Å². The fourth-order valence-electron chi connectivity index (χ4n) is 4.04. The number of sulfone groups is 1. The molecule has 22 heavy (non-hydrogen) atoms. The van der Waals surface area contributed by atoms with Crippen molar-refractivity contribution < 1.29 is 17.9 Å². The normalized spacial score (nSPS) is 32.7. The van der Waals surface area contributed by atoms with Crippen LogP contribution in [-0.2, 0) is 19.4 Å². The lowest BCUT2D eigenvalue weighted by atomic mass is 9.79. The Hall–Kier alpha value is -0.620. The molecule has 1 spiro atoms. The summed E-state index contributed by atoms with van der Waals surface area (Å²) in [6, 6.07) is 0. The maximum absolute atomic E-state index is 12.5. The van der Waals surface area contributed by atoms with Crippen LogP contribution in [0.5, 0.6) is 0 Å². The predicted octanol–water partition coefficient (Wildman–Crippen LogP) is 1.23. The third kappa shape index (κ3) is 2.30. The van der Waals surface area contributed by atoms with E-state index < -0.39 is 14.6 Å². The molecule has 4 fully saturated rings. The van der Waals surface area contributed by atoms with Crippen LogP contribution < -0.4 is 0 Å². The highest BCUT2D eigenvalue weighted by atomic mass is 32.2. The number of hydrogen-bond donors (Lipinski definition) is 0. The standard InChI is InChI=1S/C16H25NO4S/c18-15(13-2-1-3-13)17-10-16(11-17)14(6-7-22(16,19)20)9-21-8-12-4-5-12/h12-14H,1-11H2. The molecule has 4 aliphatic rings. The third-order valence-corrected chi connectivity index (χ3v) is 8.75. The zero-order valence-electron chi connectivity index (χ0n) is 13.0. The number of nitrogens with zero attached hydrogens (tertiary/aromatic N) is 1. The van der Waals surface area contributed by atoms with Gasteiger partial charge in [-0.3, -0.25) is 4.79 Å². The van der Waals surface area contributed by atoms with E-state index in [1.165, 1.54) is 12.8 Å². The molecule has 0 radical (unpaired) electrons. The van der Waals surface area contributed by atoms with Crippen molar-refractivity contribution >= 4 is 15.7 Å². The molecule has 2 saturated carbocycles. The van der Waals surface area contributed by atoms with Crippen LogP contribution in [0, 0.1) is 17.8 Å². The Morgan fingerprint density at radius 2 is 1.82 bits per heavy atom. The first-order chi connectivity index (χ1) is 10.5. The average molecular weight is 327 g/mol. The molecule has 2 aliphatic heterocycles. The van der Waals surface area contributed by atoms with Gasteiger partial charge in [0.15, 0.2) is 9.84 Å². The quantitative estimate of drug-likeness (QED) is 0.762. The summed E-state index contributed by atoms with van der Waals surface area (Å²) in [7, 11) is -3.09. The molecule has 6 heteroatoms. The Balaban J connectivity index is 1.39. The van der Waals surface area contributed by atoms with Gasteiger partial charge in [-0.2, -0.15) is 0 Å². The SMILES string of the molecule is O=C(C1CCC1)N1CC2(C1)C(COCC1CC1)CCS2(=O)=O. The van der Waals surface area contributed by atoms with Crippen molar-refractivity contribution in [3.05, 3.63) is 0 Å². The second-order valence-electron chi connectivity index (χ2n) is 7.67. The van der Waals surface area contributed by atoms with Gasteiger partial charge in [0.05, 0.1) is 12.4 Å². The van der Waals surface area contributed by atoms with Crippen molar-refractivity contribution in [1.29, 1.82) is 0 Å². The van der Waals surface area contributed by atoms with Crippen LogP contribution in [0.3, 0.4) is 0 Å². The van der Waals surface area contributed by atoms with E-state index in [-0.39, 0.29) is 23.5 Å². The summed E-state index contributed by atoms with van der Waals surface area (Å²) < 4.78 is 30.1. The molecule has 1 atom stereocenters. The molecule has 0 N–H and O–H groups in total. The number of amides is 1. The van der Waals surface area contributed by atoms with E-state index in [1.807, 2.05) is 0 Å². The van der Waals surface area contributed by atoms with Crippen LogP contribution in [0.15, 0.2) is 0 Å². The lowest BCUT2D eigenvalue weighted by Gasteiger charge is -2.51. The first-order valence-corrected chi connectivity index (χ1v) is 10.3. The summed E-state index contributed by atoms with van der Waals surface area (Å²) in [5.41, 5.74) is 0. The minimum absolute atomic E-state index is 0.0710. The smallest absolute Gasteiger partial charge is 0.225 e. The second kappa shape index (κ2) is 5.20. The number of carbonyl (C=O) groups is 1. The first-order valence-electron chi connectivity index (χ1n) is 8.61. The number of likely N-dealkylation sites (tertiary alicyclic amines) is 1. The van der Waals surface area contributed by atoms with E-state index >= 15 is 0 Å². The van der Waals surface area contributed by atoms with Gasteiger partial charge in [0.25, 0.3) is 0 Å². The zero-order valence-corrected chi connectivity index (χ0v) is 13.8. The van der Waals surface area contributed by atoms with Crippen LogP contribution in [0.25, 0.3) is 0 Å². The van der Waals surface area contributed by atoms with Crippen LogP contribution in [0.1, 0.15) is 38.5 Å². The number of rotatable bonds is 5. The third-order valence-electron chi connectivity index (χ3n) is 6.15. The molecule has 5 nitrogen and oxygen atoms in total. The van der Waals surface area contributed by atoms with E-state index in [0.717, 1.165) is 25.9 Å². The maximum Gasteiger partial charge on any atom is 0.225 e. The van der Waals surface area contributed by atoms with Crippen molar-refractivity contribution in [3.8, 4) is 0 Å². The van der Waals surface area contributed by atoms with Gasteiger partial charge in [-0.25, -0.2) is 8.42 Å². The van der Waals surface area contributed by atoms with Crippen LogP contribution in [0.4, 0.5) is 0 Å². The zero-order chi connectivity index (χ0) is 15.4. The van der Waals surface area contributed by atoms with Crippen molar-refractivity contribution in [3.63, 3.8) is 0 Å². The Kier molecular flexibility index (Phi) is 3.53. The Morgan fingerprint density at radius 3 is 2.41 bits per heavy atom. The molecule has 0 bridgehead atoms. The Bertz CT molecular complexity index is 559. The molecule has 0 aromatic heterocycles. The summed E-state index contributed by atoms with van der Waals surface area (Å²) in [5.74, 6) is 1.37. The van der Waals surface area contributed by atoms with Gasteiger partial charge in [0.2, 0.25) is 5.91 Å². The monoisotopic (exact) mass is 327 g/mol. The van der Waals surface area contributed by atoms with Crippen LogP contribution in [-0.4, -0.2) is 56.0 Å². The number of hydrogen-bond acceptors (Lipinski definition) is 4. The van der Waals surface area contributed by atoms with Crippen molar-refractivity contribution in [2.24, 2.45) is 17.8 Å². The molecule has 2 heterocycles. The highest BCUT2D eigenvalue weighted by Crippen LogP contribution is 2.46. The lowest BCUT2D eigenvalue weighted by Crippen LogP contribution is -2.69. The fraction of sp³-hybridized carbons (Fsp3) is 0.938. The van der Waals surface area contributed by atoms with E-state index in [0.29, 0.717) is 32.0 Å². The van der Waals surface area contributed by atoms with Crippen LogP contribution in [0.2, 0.25) is 0 Å². The first kappa shape index (κ1) is 14.9. The van der Waals surface area contributed by atoms with E-state index in [4.69, 9.17) is 4.74 Å². The summed E-state index contributed by atoms with van der Waals surface area (Å²) >= 11 is 0. The molecule has 1 amide bonds. The molecular formula is C16H25NO4S. The summed E-state index contributed by atoms with van der Waals surface area (Å²) in [6.45, 7) is 2.13. The second-order valence-corrected chi connectivity index (χ2v) is 10.1. The number of carbonyl (C=O) groups excluding carboxylic acids is 1. The fourth-order valence-corrected chi connectivity index (χ4v) is 6.44. The Morgan fingerprint density at radius 1 is 1.09 bits per heavy atom. The average Bonchev–Trinajstić information content (AvgIpc) is 3.10. The van der Waals surface area contributed by atoms with E-state index in [1.54, 1.807) is 4.90 Å². The highest BCUT2D eigenvalue weighted by Gasteiger charge is 2.62. The van der Waals surface area contributed by atoms with Crippen molar-refractivity contribution in [2.45, 2.75) is 43.3 Å². The molecule has 4 rings (SSSR count). The number of ether oxygens (including phenoxy) is 1. The molecule has 0 aromatic carbocycles. The largest absolute Gasteiger partial charge is 0.381 e. The molecule has 2 saturated heterocycles. The molecular weight excluding hydrogens is 302 g/mol. The molecule has 2 aliphatic carbocycles. The predicted molar refractivity (Wildman–Crippen MR) is 82.1 cm³/mol. The minimum atomic E-state index is -3.09. The summed E-state index contributed by atoms with van der Waals surface area (Å²) in [6.07, 6.45) is 6.27. The van der Waals surface area contributed by atoms with Gasteiger partial charge in [-0.1, -0.05) is 6.42 Å². The van der Waals surface area contributed by atoms with Crippen LogP contribution >= 0.6 is 0 Å². The molecule has 0 aromatic rings. The summed E-state index contributed by atoms with van der Waals surface area (Å²) in [5, 5.41) is 0. The minimum Gasteiger partial charge on any atom is -0.381 e. The summed E-state index contributed by atoms with van der Waals surface area (Å²) in [4.78, 5) is 14.1. The van der Waals surface area contributed by atoms with Crippen molar-refractivity contribution in [2.75, 3.05) is 32.1 Å². The van der Waals surface area contributed by atoms with Gasteiger partial charge < -0.3 is 9.64 Å². The van der Waals surface area contributed by atoms with E-state index in [9.17, 15) is 13.2 Å². The Labute approximate surface area is 132 Å². The lowest BCUT2D eigenvalue weighted by molar-refractivity contribution is -0.145. The molecule has 1 unspecified atom stereocenters. The van der Waals surface area contributed by atoms with Gasteiger partial charge >= 0.3 is 0 Å². The van der Waals surface area contributed by atoms with Gasteiger partial charge in [-0.05, 0) is 38.0 Å². The highest BCUT2D eigenvalue weighted by molar-refractivity contribution is 7.93. The maximum atomic E-state index is 12.5. The van der Waals surface area contributed by atoms with E-state index in [2.05, 4.69) is 0 Å².